The number of thiazole rings is 1. The molecule has 8 nitrogen and oxygen atoms in total. The summed E-state index contributed by atoms with van der Waals surface area (Å²) in [5.41, 5.74) is 2.46. The van der Waals surface area contributed by atoms with Crippen molar-refractivity contribution in [3.8, 4) is 17.2 Å². The van der Waals surface area contributed by atoms with Crippen molar-refractivity contribution < 1.29 is 19.0 Å². The Bertz CT molecular complexity index is 1230. The number of rotatable bonds is 9. The van der Waals surface area contributed by atoms with Crippen LogP contribution in [0.2, 0.25) is 0 Å². The summed E-state index contributed by atoms with van der Waals surface area (Å²) in [5.74, 6) is 1.12. The van der Waals surface area contributed by atoms with Gasteiger partial charge in [0.1, 0.15) is 0 Å². The molecule has 33 heavy (non-hydrogen) atoms. The SMILES string of the molecule is COc1cc(C(=O)N(CCCn2ccnc2)c2nc3ccc(C)cc3s2)cc(OC)c1OC. The number of ether oxygens (including phenoxy) is 3. The third-order valence-electron chi connectivity index (χ3n) is 5.28. The van der Waals surface area contributed by atoms with E-state index in [9.17, 15) is 4.79 Å². The fourth-order valence-corrected chi connectivity index (χ4v) is 4.70. The lowest BCUT2D eigenvalue weighted by Gasteiger charge is -2.21. The summed E-state index contributed by atoms with van der Waals surface area (Å²) in [5, 5.41) is 0.653. The Morgan fingerprint density at radius 1 is 1.09 bits per heavy atom. The maximum atomic E-state index is 13.7. The number of amides is 1. The highest BCUT2D eigenvalue weighted by molar-refractivity contribution is 7.22. The van der Waals surface area contributed by atoms with Gasteiger partial charge in [0.25, 0.3) is 5.91 Å². The molecule has 0 unspecified atom stereocenters. The van der Waals surface area contributed by atoms with Gasteiger partial charge in [-0.25, -0.2) is 9.97 Å². The summed E-state index contributed by atoms with van der Waals surface area (Å²) in [6.45, 7) is 3.28. The molecule has 4 aromatic rings. The Morgan fingerprint density at radius 2 is 1.85 bits per heavy atom. The highest BCUT2D eigenvalue weighted by Crippen LogP contribution is 2.39. The van der Waals surface area contributed by atoms with Crippen LogP contribution in [0.3, 0.4) is 0 Å². The second kappa shape index (κ2) is 9.91. The zero-order chi connectivity index (χ0) is 23.4. The number of fused-ring (bicyclic) bond motifs is 1. The monoisotopic (exact) mass is 466 g/mol. The van der Waals surface area contributed by atoms with Gasteiger partial charge in [-0.05, 0) is 43.2 Å². The molecule has 2 heterocycles. The number of benzene rings is 2. The molecule has 0 bridgehead atoms. The van der Waals surface area contributed by atoms with Crippen molar-refractivity contribution in [2.45, 2.75) is 19.9 Å². The van der Waals surface area contributed by atoms with Gasteiger partial charge in [0, 0.05) is 31.0 Å². The molecule has 172 valence electrons. The van der Waals surface area contributed by atoms with Gasteiger partial charge in [0.05, 0.1) is 37.9 Å². The first-order chi connectivity index (χ1) is 16.0. The van der Waals surface area contributed by atoms with E-state index in [1.165, 1.54) is 32.7 Å². The minimum atomic E-state index is -0.185. The van der Waals surface area contributed by atoms with Crippen molar-refractivity contribution >= 4 is 32.6 Å². The quantitative estimate of drug-likeness (QED) is 0.360. The van der Waals surface area contributed by atoms with Gasteiger partial charge in [-0.15, -0.1) is 0 Å². The third kappa shape index (κ3) is 4.78. The lowest BCUT2D eigenvalue weighted by molar-refractivity contribution is 0.0985. The Kier molecular flexibility index (Phi) is 6.79. The number of nitrogens with zero attached hydrogens (tertiary/aromatic N) is 4. The van der Waals surface area contributed by atoms with Crippen LogP contribution in [-0.4, -0.2) is 48.3 Å². The lowest BCUT2D eigenvalue weighted by atomic mass is 10.1. The second-order valence-corrected chi connectivity index (χ2v) is 8.50. The minimum absolute atomic E-state index is 0.185. The lowest BCUT2D eigenvalue weighted by Crippen LogP contribution is -2.32. The van der Waals surface area contributed by atoms with Gasteiger partial charge in [-0.2, -0.15) is 0 Å². The number of carbonyl (C=O) groups is 1. The van der Waals surface area contributed by atoms with Crippen molar-refractivity contribution in [3.63, 3.8) is 0 Å². The molecule has 0 saturated heterocycles. The van der Waals surface area contributed by atoms with Gasteiger partial charge in [-0.3, -0.25) is 9.69 Å². The van der Waals surface area contributed by atoms with Crippen LogP contribution in [0.4, 0.5) is 5.13 Å². The van der Waals surface area contributed by atoms with Crippen molar-refractivity contribution in [2.24, 2.45) is 0 Å². The average Bonchev–Trinajstić information content (AvgIpc) is 3.49. The zero-order valence-corrected chi connectivity index (χ0v) is 19.9. The molecule has 0 radical (unpaired) electrons. The molecule has 0 aliphatic heterocycles. The minimum Gasteiger partial charge on any atom is -0.493 e. The van der Waals surface area contributed by atoms with E-state index in [0.717, 1.165) is 28.7 Å². The van der Waals surface area contributed by atoms with E-state index in [2.05, 4.69) is 11.1 Å². The number of methoxy groups -OCH3 is 3. The van der Waals surface area contributed by atoms with Gasteiger partial charge >= 0.3 is 0 Å². The number of imidazole rings is 1. The van der Waals surface area contributed by atoms with Crippen LogP contribution in [0.5, 0.6) is 17.2 Å². The molecule has 0 N–H and O–H groups in total. The number of hydrogen-bond donors (Lipinski definition) is 0. The first-order valence-corrected chi connectivity index (χ1v) is 11.3. The largest absolute Gasteiger partial charge is 0.493 e. The van der Waals surface area contributed by atoms with Crippen molar-refractivity contribution in [1.82, 2.24) is 14.5 Å². The molecule has 0 atom stereocenters. The van der Waals surface area contributed by atoms with Crippen LogP contribution in [-0.2, 0) is 6.54 Å². The van der Waals surface area contributed by atoms with Crippen LogP contribution in [0.25, 0.3) is 10.2 Å². The van der Waals surface area contributed by atoms with E-state index in [-0.39, 0.29) is 5.91 Å². The van der Waals surface area contributed by atoms with E-state index in [1.807, 2.05) is 29.8 Å². The average molecular weight is 467 g/mol. The number of hydrogen-bond acceptors (Lipinski definition) is 7. The van der Waals surface area contributed by atoms with E-state index in [0.29, 0.717) is 34.5 Å². The topological polar surface area (TPSA) is 78.7 Å². The van der Waals surface area contributed by atoms with Gasteiger partial charge in [0.2, 0.25) is 5.75 Å². The maximum absolute atomic E-state index is 13.7. The molecule has 0 saturated carbocycles. The van der Waals surface area contributed by atoms with Crippen LogP contribution in [0.15, 0.2) is 49.1 Å². The number of aryl methyl sites for hydroxylation is 2. The Labute approximate surface area is 196 Å². The normalized spacial score (nSPS) is 10.9. The molecule has 1 amide bonds. The summed E-state index contributed by atoms with van der Waals surface area (Å²) in [7, 11) is 4.60. The standard InChI is InChI=1S/C24H26N4O4S/c1-16-6-7-18-21(12-16)33-24(26-18)28(10-5-9-27-11-8-25-15-27)23(29)17-13-19(30-2)22(32-4)20(14-17)31-3/h6-8,11-15H,5,9-10H2,1-4H3. The Hall–Kier alpha value is -3.59. The van der Waals surface area contributed by atoms with E-state index >= 15 is 0 Å². The summed E-state index contributed by atoms with van der Waals surface area (Å²) in [6.07, 6.45) is 6.16. The summed E-state index contributed by atoms with van der Waals surface area (Å²) < 4.78 is 19.3. The molecule has 0 fully saturated rings. The van der Waals surface area contributed by atoms with Crippen molar-refractivity contribution in [2.75, 3.05) is 32.8 Å². The van der Waals surface area contributed by atoms with Crippen molar-refractivity contribution in [3.05, 3.63) is 60.2 Å². The highest BCUT2D eigenvalue weighted by Gasteiger charge is 2.24. The molecular formula is C24H26N4O4S. The van der Waals surface area contributed by atoms with E-state index < -0.39 is 0 Å². The predicted octanol–water partition coefficient (Wildman–Crippen LogP) is 4.56. The predicted molar refractivity (Wildman–Crippen MR) is 129 cm³/mol. The molecular weight excluding hydrogens is 440 g/mol. The highest BCUT2D eigenvalue weighted by atomic mass is 32.1. The van der Waals surface area contributed by atoms with Crippen LogP contribution in [0, 0.1) is 6.92 Å². The summed E-state index contributed by atoms with van der Waals surface area (Å²) in [6, 6.07) is 9.44. The number of anilines is 1. The Morgan fingerprint density at radius 3 is 2.48 bits per heavy atom. The first kappa shape index (κ1) is 22.6. The molecule has 0 spiro atoms. The molecule has 2 aromatic carbocycles. The fourth-order valence-electron chi connectivity index (χ4n) is 3.61. The van der Waals surface area contributed by atoms with Gasteiger partial charge < -0.3 is 18.8 Å². The molecule has 0 aliphatic carbocycles. The summed E-state index contributed by atoms with van der Waals surface area (Å²) in [4.78, 5) is 24.3. The molecule has 0 aliphatic rings. The molecule has 4 rings (SSSR count). The van der Waals surface area contributed by atoms with Crippen LogP contribution in [0.1, 0.15) is 22.3 Å². The fraction of sp³-hybridized carbons (Fsp3) is 0.292. The van der Waals surface area contributed by atoms with Crippen molar-refractivity contribution in [1.29, 1.82) is 0 Å². The smallest absolute Gasteiger partial charge is 0.260 e. The second-order valence-electron chi connectivity index (χ2n) is 7.49. The maximum Gasteiger partial charge on any atom is 0.260 e. The van der Waals surface area contributed by atoms with E-state index in [1.54, 1.807) is 29.6 Å². The number of aromatic nitrogens is 3. The van der Waals surface area contributed by atoms with Crippen LogP contribution < -0.4 is 19.1 Å². The zero-order valence-electron chi connectivity index (χ0n) is 19.1. The first-order valence-electron chi connectivity index (χ1n) is 10.5. The molecule has 2 aromatic heterocycles. The van der Waals surface area contributed by atoms with E-state index in [4.69, 9.17) is 19.2 Å². The summed E-state index contributed by atoms with van der Waals surface area (Å²) >= 11 is 1.51. The van der Waals surface area contributed by atoms with Gasteiger partial charge in [-0.1, -0.05) is 17.4 Å². The third-order valence-corrected chi connectivity index (χ3v) is 6.32. The van der Waals surface area contributed by atoms with Gasteiger partial charge in [0.15, 0.2) is 16.6 Å². The Balaban J connectivity index is 1.70. The van der Waals surface area contributed by atoms with Crippen LogP contribution >= 0.6 is 11.3 Å². The number of carbonyl (C=O) groups excluding carboxylic acids is 1. The molecule has 9 heteroatoms.